The summed E-state index contributed by atoms with van der Waals surface area (Å²) in [6.07, 6.45) is 0. The third kappa shape index (κ3) is 5.30. The van der Waals surface area contributed by atoms with E-state index >= 15 is 0 Å². The van der Waals surface area contributed by atoms with E-state index in [-0.39, 0.29) is 25.9 Å². The number of carboxylic acid groups (broad SMARTS) is 1. The van der Waals surface area contributed by atoms with Gasteiger partial charge in [-0.05, 0) is 12.1 Å². The summed E-state index contributed by atoms with van der Waals surface area (Å²) in [6.45, 7) is 0. The van der Waals surface area contributed by atoms with Crippen LogP contribution in [-0.4, -0.2) is 26.8 Å². The molecule has 0 unspecified atom stereocenters. The molecular weight excluding hydrogens is 482 g/mol. The molecular formula is C11H7I2O6-. The molecule has 0 atom stereocenters. The zero-order valence-electron chi connectivity index (χ0n) is 9.35. The number of esters is 2. The van der Waals surface area contributed by atoms with Crippen molar-refractivity contribution >= 4 is 63.1 Å². The lowest BCUT2D eigenvalue weighted by molar-refractivity contribution is -0.255. The fraction of sp³-hybridized carbons (Fsp3) is 0.182. The largest absolute Gasteiger partial charge is 0.545 e. The standard InChI is InChI=1S/C11H8I2O6/c12-4-9(14)18-7-1-6(11(16)17)2-8(3-7)19-10(15)5-13/h1-3H,4-5H2,(H,16,17)/p-1. The maximum Gasteiger partial charge on any atom is 0.321 e. The van der Waals surface area contributed by atoms with E-state index in [1.165, 1.54) is 6.07 Å². The third-order valence-electron chi connectivity index (χ3n) is 1.80. The molecule has 0 N–H and O–H groups in total. The van der Waals surface area contributed by atoms with Crippen molar-refractivity contribution in [3.05, 3.63) is 23.8 Å². The minimum atomic E-state index is -1.46. The number of alkyl halides is 2. The van der Waals surface area contributed by atoms with Gasteiger partial charge in [0.15, 0.2) is 0 Å². The highest BCUT2D eigenvalue weighted by molar-refractivity contribution is 14.1. The summed E-state index contributed by atoms with van der Waals surface area (Å²) < 4.78 is 9.97. The van der Waals surface area contributed by atoms with Crippen LogP contribution >= 0.6 is 45.2 Å². The molecule has 1 rings (SSSR count). The highest BCUT2D eigenvalue weighted by Gasteiger charge is 2.10. The topological polar surface area (TPSA) is 92.7 Å². The molecule has 0 amide bonds. The van der Waals surface area contributed by atoms with Crippen molar-refractivity contribution in [1.82, 2.24) is 0 Å². The Balaban J connectivity index is 3.06. The molecule has 6 nitrogen and oxygen atoms in total. The molecule has 0 aromatic heterocycles. The number of hydrogen-bond donors (Lipinski definition) is 0. The van der Waals surface area contributed by atoms with Crippen LogP contribution in [0, 0.1) is 0 Å². The van der Waals surface area contributed by atoms with Gasteiger partial charge in [-0.1, -0.05) is 45.2 Å². The number of aromatic carboxylic acids is 1. The fourth-order valence-corrected chi connectivity index (χ4v) is 1.44. The summed E-state index contributed by atoms with van der Waals surface area (Å²) in [4.78, 5) is 33.1. The molecule has 0 aliphatic heterocycles. The van der Waals surface area contributed by atoms with Crippen LogP contribution in [0.4, 0.5) is 0 Å². The Hall–Kier alpha value is -0.910. The SMILES string of the molecule is O=C(CI)Oc1cc(OC(=O)CI)cc(C(=O)[O-])c1. The fourth-order valence-electron chi connectivity index (χ4n) is 1.12. The normalized spacial score (nSPS) is 9.79. The maximum atomic E-state index is 11.2. The van der Waals surface area contributed by atoms with E-state index in [1.807, 2.05) is 45.2 Å². The summed E-state index contributed by atoms with van der Waals surface area (Å²) in [5, 5.41) is 10.8. The molecule has 1 aromatic carbocycles. The van der Waals surface area contributed by atoms with Crippen molar-refractivity contribution in [2.75, 3.05) is 8.86 Å². The van der Waals surface area contributed by atoms with E-state index in [2.05, 4.69) is 0 Å². The van der Waals surface area contributed by atoms with Gasteiger partial charge < -0.3 is 19.4 Å². The molecule has 0 radical (unpaired) electrons. The van der Waals surface area contributed by atoms with E-state index < -0.39 is 17.9 Å². The molecule has 19 heavy (non-hydrogen) atoms. The highest BCUT2D eigenvalue weighted by Crippen LogP contribution is 2.23. The van der Waals surface area contributed by atoms with Crippen LogP contribution in [0.25, 0.3) is 0 Å². The number of ether oxygens (including phenoxy) is 2. The van der Waals surface area contributed by atoms with Crippen LogP contribution in [0.1, 0.15) is 10.4 Å². The second-order valence-electron chi connectivity index (χ2n) is 3.20. The molecule has 0 fully saturated rings. The van der Waals surface area contributed by atoms with Gasteiger partial charge in [-0.15, -0.1) is 0 Å². The predicted octanol–water partition coefficient (Wildman–Crippen LogP) is 0.731. The quantitative estimate of drug-likeness (QED) is 0.262. The Kier molecular flexibility index (Phi) is 6.48. The molecule has 0 heterocycles. The third-order valence-corrected chi connectivity index (χ3v) is 3.04. The van der Waals surface area contributed by atoms with E-state index in [1.54, 1.807) is 0 Å². The van der Waals surface area contributed by atoms with Crippen molar-refractivity contribution in [1.29, 1.82) is 0 Å². The number of carbonyl (C=O) groups is 3. The van der Waals surface area contributed by atoms with Gasteiger partial charge >= 0.3 is 11.9 Å². The Bertz CT molecular complexity index is 478. The van der Waals surface area contributed by atoms with E-state index in [4.69, 9.17) is 9.47 Å². The van der Waals surface area contributed by atoms with Gasteiger partial charge in [0.05, 0.1) is 14.8 Å². The number of carbonyl (C=O) groups excluding carboxylic acids is 3. The van der Waals surface area contributed by atoms with Gasteiger partial charge in [0.1, 0.15) is 11.5 Å². The summed E-state index contributed by atoms with van der Waals surface area (Å²) in [6, 6.07) is 3.52. The average Bonchev–Trinajstić information content (AvgIpc) is 2.37. The van der Waals surface area contributed by atoms with Crippen molar-refractivity contribution < 1.29 is 29.0 Å². The van der Waals surface area contributed by atoms with Gasteiger partial charge in [-0.3, -0.25) is 9.59 Å². The molecule has 8 heteroatoms. The lowest BCUT2D eigenvalue weighted by Crippen LogP contribution is -2.22. The first-order valence-corrected chi connectivity index (χ1v) is 7.91. The van der Waals surface area contributed by atoms with E-state index in [0.29, 0.717) is 0 Å². The van der Waals surface area contributed by atoms with Crippen molar-refractivity contribution in [2.24, 2.45) is 0 Å². The van der Waals surface area contributed by atoms with Gasteiger partial charge in [0.25, 0.3) is 0 Å². The lowest BCUT2D eigenvalue weighted by atomic mass is 10.2. The molecule has 0 aliphatic rings. The highest BCUT2D eigenvalue weighted by atomic mass is 127. The van der Waals surface area contributed by atoms with Crippen LogP contribution in [0.2, 0.25) is 0 Å². The summed E-state index contributed by atoms with van der Waals surface area (Å²) in [5.41, 5.74) is -0.241. The zero-order chi connectivity index (χ0) is 14.4. The number of rotatable bonds is 5. The lowest BCUT2D eigenvalue weighted by Gasteiger charge is -2.10. The molecule has 0 saturated heterocycles. The zero-order valence-corrected chi connectivity index (χ0v) is 13.7. The predicted molar refractivity (Wildman–Crippen MR) is 79.8 cm³/mol. The molecule has 0 aliphatic carbocycles. The molecule has 102 valence electrons. The number of carboxylic acids is 1. The first-order chi connectivity index (χ1) is 8.96. The number of hydrogen-bond acceptors (Lipinski definition) is 6. The van der Waals surface area contributed by atoms with Gasteiger partial charge in [0, 0.05) is 11.6 Å². The van der Waals surface area contributed by atoms with Crippen LogP contribution in [0.3, 0.4) is 0 Å². The van der Waals surface area contributed by atoms with Crippen LogP contribution in [0.15, 0.2) is 18.2 Å². The summed E-state index contributed by atoms with van der Waals surface area (Å²) in [5.74, 6) is -2.57. The minimum absolute atomic E-state index is 0.0142. The Morgan fingerprint density at radius 2 is 1.37 bits per heavy atom. The van der Waals surface area contributed by atoms with Crippen LogP contribution < -0.4 is 14.6 Å². The van der Waals surface area contributed by atoms with Gasteiger partial charge in [-0.25, -0.2) is 0 Å². The van der Waals surface area contributed by atoms with Crippen LogP contribution in [-0.2, 0) is 9.59 Å². The maximum absolute atomic E-state index is 11.2. The monoisotopic (exact) mass is 489 g/mol. The first-order valence-electron chi connectivity index (χ1n) is 4.86. The molecule has 0 bridgehead atoms. The summed E-state index contributed by atoms with van der Waals surface area (Å²) >= 11 is 3.61. The minimum Gasteiger partial charge on any atom is -0.545 e. The van der Waals surface area contributed by atoms with Crippen molar-refractivity contribution in [3.63, 3.8) is 0 Å². The molecule has 0 spiro atoms. The molecule has 0 saturated carbocycles. The van der Waals surface area contributed by atoms with Gasteiger partial charge in [0.2, 0.25) is 0 Å². The number of benzene rings is 1. The smallest absolute Gasteiger partial charge is 0.321 e. The van der Waals surface area contributed by atoms with Gasteiger partial charge in [-0.2, -0.15) is 0 Å². The Labute approximate surface area is 135 Å². The summed E-state index contributed by atoms with van der Waals surface area (Å²) in [7, 11) is 0. The second kappa shape index (κ2) is 7.62. The Morgan fingerprint density at radius 3 is 1.68 bits per heavy atom. The number of halogens is 2. The first kappa shape index (κ1) is 16.1. The van der Waals surface area contributed by atoms with E-state index in [9.17, 15) is 19.5 Å². The average molecular weight is 489 g/mol. The Morgan fingerprint density at radius 1 is 0.947 bits per heavy atom. The molecule has 1 aromatic rings. The van der Waals surface area contributed by atoms with Crippen molar-refractivity contribution in [2.45, 2.75) is 0 Å². The van der Waals surface area contributed by atoms with Crippen LogP contribution in [0.5, 0.6) is 11.5 Å². The van der Waals surface area contributed by atoms with E-state index in [0.717, 1.165) is 12.1 Å². The van der Waals surface area contributed by atoms with Crippen molar-refractivity contribution in [3.8, 4) is 11.5 Å². The second-order valence-corrected chi connectivity index (χ2v) is 4.72.